The molecule has 2 atom stereocenters. The van der Waals surface area contributed by atoms with Crippen molar-refractivity contribution < 1.29 is 14.4 Å². The average Bonchev–Trinajstić information content (AvgIpc) is 2.71. The minimum Gasteiger partial charge on any atom is -0.370 e. The molecule has 0 bridgehead atoms. The van der Waals surface area contributed by atoms with E-state index in [-0.39, 0.29) is 18.0 Å². The number of ether oxygens (including phenoxy) is 1. The number of amides is 1. The number of carbonyl (C=O) groups excluding carboxylic acids is 1. The van der Waals surface area contributed by atoms with Crippen molar-refractivity contribution in [1.82, 2.24) is 5.32 Å². The van der Waals surface area contributed by atoms with E-state index < -0.39 is 0 Å². The predicted octanol–water partition coefficient (Wildman–Crippen LogP) is 2.73. The third-order valence-electron chi connectivity index (χ3n) is 5.04. The third kappa shape index (κ3) is 6.24. The van der Waals surface area contributed by atoms with Crippen LogP contribution in [-0.2, 0) is 15.3 Å². The molecular formula is C22H28ClN2O2S+. The van der Waals surface area contributed by atoms with E-state index >= 15 is 0 Å². The van der Waals surface area contributed by atoms with Crippen LogP contribution in [0.5, 0.6) is 0 Å². The molecule has 0 aromatic heterocycles. The van der Waals surface area contributed by atoms with Crippen LogP contribution in [0.15, 0.2) is 54.6 Å². The number of rotatable bonds is 8. The molecule has 4 nitrogen and oxygen atoms in total. The molecule has 1 saturated heterocycles. The third-order valence-corrected chi connectivity index (χ3v) is 6.29. The van der Waals surface area contributed by atoms with Crippen molar-refractivity contribution in [3.63, 3.8) is 0 Å². The first-order valence-electron chi connectivity index (χ1n) is 9.72. The molecule has 0 aliphatic carbocycles. The van der Waals surface area contributed by atoms with Gasteiger partial charge in [0.25, 0.3) is 0 Å². The standard InChI is InChI=1S/C22H27ClN2O2S/c1-17(24-21(26)16-28-15-18-7-9-20(23)10-8-18)22(19-5-3-2-4-6-19)25-11-13-27-14-12-25/h2-10,17,22H,11-16H2,1H3,(H,24,26)/p+1/t17-,22+/m1/s1. The largest absolute Gasteiger partial charge is 0.370 e. The van der Waals surface area contributed by atoms with Gasteiger partial charge in [0.15, 0.2) is 0 Å². The van der Waals surface area contributed by atoms with Crippen molar-refractivity contribution in [2.45, 2.75) is 24.8 Å². The van der Waals surface area contributed by atoms with Crippen molar-refractivity contribution in [2.75, 3.05) is 32.1 Å². The first kappa shape index (κ1) is 21.2. The molecule has 28 heavy (non-hydrogen) atoms. The summed E-state index contributed by atoms with van der Waals surface area (Å²) in [6, 6.07) is 18.5. The molecule has 1 amide bonds. The van der Waals surface area contributed by atoms with Crippen LogP contribution < -0.4 is 10.2 Å². The summed E-state index contributed by atoms with van der Waals surface area (Å²) < 4.78 is 5.53. The lowest BCUT2D eigenvalue weighted by Crippen LogP contribution is -3.15. The molecular weight excluding hydrogens is 392 g/mol. The number of carbonyl (C=O) groups is 1. The van der Waals surface area contributed by atoms with Gasteiger partial charge in [-0.3, -0.25) is 4.79 Å². The first-order valence-corrected chi connectivity index (χ1v) is 11.3. The molecule has 150 valence electrons. The van der Waals surface area contributed by atoms with E-state index in [0.29, 0.717) is 5.75 Å². The van der Waals surface area contributed by atoms with Crippen LogP contribution in [0.1, 0.15) is 24.1 Å². The minimum absolute atomic E-state index is 0.0548. The maximum Gasteiger partial charge on any atom is 0.230 e. The Labute approximate surface area is 176 Å². The van der Waals surface area contributed by atoms with Crippen LogP contribution in [0.2, 0.25) is 5.02 Å². The van der Waals surface area contributed by atoms with Crippen molar-refractivity contribution in [1.29, 1.82) is 0 Å². The van der Waals surface area contributed by atoms with Crippen molar-refractivity contribution in [3.05, 3.63) is 70.7 Å². The number of morpholine rings is 1. The summed E-state index contributed by atoms with van der Waals surface area (Å²) in [5.74, 6) is 1.34. The zero-order chi connectivity index (χ0) is 19.8. The molecule has 2 aromatic rings. The number of hydrogen-bond donors (Lipinski definition) is 2. The maximum atomic E-state index is 12.5. The van der Waals surface area contributed by atoms with Crippen LogP contribution in [0, 0.1) is 0 Å². The first-order chi connectivity index (χ1) is 13.6. The lowest BCUT2D eigenvalue weighted by Gasteiger charge is -2.35. The highest BCUT2D eigenvalue weighted by Crippen LogP contribution is 2.17. The number of thioether (sulfide) groups is 1. The van der Waals surface area contributed by atoms with Crippen molar-refractivity contribution >= 4 is 29.3 Å². The van der Waals surface area contributed by atoms with Crippen LogP contribution >= 0.6 is 23.4 Å². The van der Waals surface area contributed by atoms with Gasteiger partial charge in [0.1, 0.15) is 19.1 Å². The Hall–Kier alpha value is -1.53. The molecule has 1 aliphatic heterocycles. The fourth-order valence-corrected chi connectivity index (χ4v) is 4.63. The summed E-state index contributed by atoms with van der Waals surface area (Å²) in [6.45, 7) is 5.59. The number of hydrogen-bond acceptors (Lipinski definition) is 3. The molecule has 1 heterocycles. The summed E-state index contributed by atoms with van der Waals surface area (Å²) in [7, 11) is 0. The smallest absolute Gasteiger partial charge is 0.230 e. The molecule has 1 aliphatic rings. The fraction of sp³-hybridized carbons (Fsp3) is 0.409. The van der Waals surface area contributed by atoms with Crippen molar-refractivity contribution in [3.8, 4) is 0 Å². The Morgan fingerprint density at radius 3 is 2.50 bits per heavy atom. The Balaban J connectivity index is 1.55. The lowest BCUT2D eigenvalue weighted by molar-refractivity contribution is -0.940. The number of halogens is 1. The number of quaternary nitrogens is 1. The number of nitrogens with one attached hydrogen (secondary N) is 2. The average molecular weight is 420 g/mol. The monoisotopic (exact) mass is 419 g/mol. The summed E-state index contributed by atoms with van der Waals surface area (Å²) >= 11 is 7.54. The van der Waals surface area contributed by atoms with Gasteiger partial charge in [0.2, 0.25) is 5.91 Å². The highest BCUT2D eigenvalue weighted by atomic mass is 35.5. The van der Waals surface area contributed by atoms with Gasteiger partial charge in [-0.25, -0.2) is 0 Å². The molecule has 0 unspecified atom stereocenters. The SMILES string of the molecule is C[C@@H](NC(=O)CSCc1ccc(Cl)cc1)[C@@H](c1ccccc1)[NH+]1CCOCC1. The van der Waals surface area contributed by atoms with E-state index in [1.807, 2.05) is 30.3 Å². The number of benzene rings is 2. The van der Waals surface area contributed by atoms with Crippen LogP contribution in [-0.4, -0.2) is 44.0 Å². The van der Waals surface area contributed by atoms with Gasteiger partial charge >= 0.3 is 0 Å². The Morgan fingerprint density at radius 2 is 1.82 bits per heavy atom. The molecule has 6 heteroatoms. The van der Waals surface area contributed by atoms with Gasteiger partial charge in [-0.2, -0.15) is 0 Å². The second kappa shape index (κ2) is 10.9. The van der Waals surface area contributed by atoms with Gasteiger partial charge in [0, 0.05) is 16.3 Å². The summed E-state index contributed by atoms with van der Waals surface area (Å²) in [5.41, 5.74) is 2.44. The molecule has 0 radical (unpaired) electrons. The molecule has 0 saturated carbocycles. The van der Waals surface area contributed by atoms with Crippen LogP contribution in [0.3, 0.4) is 0 Å². The van der Waals surface area contributed by atoms with E-state index in [1.165, 1.54) is 16.0 Å². The van der Waals surface area contributed by atoms with Gasteiger partial charge in [-0.15, -0.1) is 11.8 Å². The van der Waals surface area contributed by atoms with Crippen LogP contribution in [0.25, 0.3) is 0 Å². The van der Waals surface area contributed by atoms with E-state index in [2.05, 4.69) is 36.5 Å². The Morgan fingerprint density at radius 1 is 1.14 bits per heavy atom. The van der Waals surface area contributed by atoms with Gasteiger partial charge in [0.05, 0.1) is 25.0 Å². The lowest BCUT2D eigenvalue weighted by atomic mass is 9.98. The summed E-state index contributed by atoms with van der Waals surface area (Å²) in [5, 5.41) is 3.96. The summed E-state index contributed by atoms with van der Waals surface area (Å²) in [4.78, 5) is 14.0. The maximum absolute atomic E-state index is 12.5. The fourth-order valence-electron chi connectivity index (χ4n) is 3.70. The Kier molecular flexibility index (Phi) is 8.22. The topological polar surface area (TPSA) is 42.8 Å². The zero-order valence-electron chi connectivity index (χ0n) is 16.2. The van der Waals surface area contributed by atoms with E-state index in [0.717, 1.165) is 37.1 Å². The highest BCUT2D eigenvalue weighted by Gasteiger charge is 2.32. The van der Waals surface area contributed by atoms with Crippen molar-refractivity contribution in [2.24, 2.45) is 0 Å². The highest BCUT2D eigenvalue weighted by molar-refractivity contribution is 7.99. The molecule has 0 spiro atoms. The van der Waals surface area contributed by atoms with E-state index in [4.69, 9.17) is 16.3 Å². The predicted molar refractivity (Wildman–Crippen MR) is 116 cm³/mol. The van der Waals surface area contributed by atoms with E-state index in [1.54, 1.807) is 11.8 Å². The molecule has 2 N–H and O–H groups in total. The van der Waals surface area contributed by atoms with E-state index in [9.17, 15) is 4.79 Å². The molecule has 2 aromatic carbocycles. The Bertz CT molecular complexity index is 736. The van der Waals surface area contributed by atoms with Gasteiger partial charge in [-0.1, -0.05) is 54.1 Å². The second-order valence-corrected chi connectivity index (χ2v) is 8.56. The molecule has 3 rings (SSSR count). The molecule has 1 fully saturated rings. The van der Waals surface area contributed by atoms with Gasteiger partial charge in [-0.05, 0) is 24.6 Å². The normalized spacial score (nSPS) is 17.1. The van der Waals surface area contributed by atoms with Gasteiger partial charge < -0.3 is 15.0 Å². The minimum atomic E-state index is 0.0548. The quantitative estimate of drug-likeness (QED) is 0.691. The summed E-state index contributed by atoms with van der Waals surface area (Å²) in [6.07, 6.45) is 0. The zero-order valence-corrected chi connectivity index (χ0v) is 17.8. The second-order valence-electron chi connectivity index (χ2n) is 7.13. The van der Waals surface area contributed by atoms with Crippen LogP contribution in [0.4, 0.5) is 0 Å².